The molecule has 3 aliphatic rings. The molecule has 1 unspecified atom stereocenters. The van der Waals surface area contributed by atoms with Crippen LogP contribution in [0, 0.1) is 0 Å². The molecule has 1 aromatic rings. The molecule has 1 fully saturated rings. The molecule has 0 saturated carbocycles. The first-order chi connectivity index (χ1) is 19.9. The van der Waals surface area contributed by atoms with E-state index in [0.29, 0.717) is 5.70 Å². The van der Waals surface area contributed by atoms with Crippen molar-refractivity contribution in [2.24, 2.45) is 5.73 Å². The van der Waals surface area contributed by atoms with Crippen molar-refractivity contribution in [3.05, 3.63) is 121 Å². The van der Waals surface area contributed by atoms with E-state index in [9.17, 15) is 0 Å². The number of quaternary nitrogens is 2. The predicted octanol–water partition coefficient (Wildman–Crippen LogP) is 7.31. The molecule has 1 saturated heterocycles. The zero-order chi connectivity index (χ0) is 31.0. The largest absolute Gasteiger partial charge is 0.399 e. The summed E-state index contributed by atoms with van der Waals surface area (Å²) >= 11 is 7.66. The number of nitrogens with zero attached hydrogens (tertiary/aromatic N) is 1. The fourth-order valence-corrected chi connectivity index (χ4v) is 4.76. The van der Waals surface area contributed by atoms with Crippen LogP contribution in [0.25, 0.3) is 0 Å². The van der Waals surface area contributed by atoms with E-state index in [4.69, 9.17) is 5.73 Å². The van der Waals surface area contributed by atoms with E-state index in [0.717, 1.165) is 10.6 Å². The molecule has 1 aromatic carbocycles. The fourth-order valence-electron chi connectivity index (χ4n) is 4.60. The Balaban J connectivity index is 0.000000693. The normalized spacial score (nSPS) is 19.0. The van der Waals surface area contributed by atoms with Gasteiger partial charge in [0.25, 0.3) is 0 Å². The Morgan fingerprint density at radius 2 is 1.68 bits per heavy atom. The second kappa shape index (κ2) is 24.0. The number of piperidine rings is 1. The van der Waals surface area contributed by atoms with Crippen LogP contribution < -0.4 is 16.4 Å². The zero-order valence-corrected chi connectivity index (χ0v) is 28.0. The summed E-state index contributed by atoms with van der Waals surface area (Å²) in [5, 5.41) is 0. The van der Waals surface area contributed by atoms with Gasteiger partial charge in [0.15, 0.2) is 0 Å². The lowest BCUT2D eigenvalue weighted by Gasteiger charge is -2.28. The molecule has 6 heteroatoms. The lowest BCUT2D eigenvalue weighted by Crippen LogP contribution is -3.00. The van der Waals surface area contributed by atoms with Crippen LogP contribution in [0.3, 0.4) is 0 Å². The number of benzene rings is 1. The van der Waals surface area contributed by atoms with Crippen molar-refractivity contribution in [2.75, 3.05) is 19.3 Å². The lowest BCUT2D eigenvalue weighted by atomic mass is 9.90. The highest BCUT2D eigenvalue weighted by molar-refractivity contribution is 7.80. The van der Waals surface area contributed by atoms with Gasteiger partial charge in [-0.15, -0.1) is 12.6 Å². The highest BCUT2D eigenvalue weighted by atomic mass is 32.1. The second-order valence-corrected chi connectivity index (χ2v) is 9.69. The third kappa shape index (κ3) is 14.2. The highest BCUT2D eigenvalue weighted by Crippen LogP contribution is 2.28. The van der Waals surface area contributed by atoms with Gasteiger partial charge in [-0.1, -0.05) is 63.4 Å². The molecule has 2 heterocycles. The van der Waals surface area contributed by atoms with Crippen molar-refractivity contribution < 1.29 is 10.6 Å². The molecule has 4 nitrogen and oxygen atoms in total. The number of nitrogens with two attached hydrogens (primary N) is 1. The summed E-state index contributed by atoms with van der Waals surface area (Å²) < 4.78 is 0. The first-order valence-electron chi connectivity index (χ1n) is 14.7. The smallest absolute Gasteiger partial charge is 0.146 e. The van der Waals surface area contributed by atoms with E-state index in [1.165, 1.54) is 79.1 Å². The van der Waals surface area contributed by atoms with Gasteiger partial charge < -0.3 is 16.4 Å². The number of rotatable bonds is 5. The summed E-state index contributed by atoms with van der Waals surface area (Å²) in [4.78, 5) is 4.93. The van der Waals surface area contributed by atoms with Gasteiger partial charge in [-0.25, -0.2) is 4.90 Å². The Hall–Kier alpha value is -2.64. The third-order valence-electron chi connectivity index (χ3n) is 6.54. The van der Waals surface area contributed by atoms with E-state index >= 15 is 0 Å². The summed E-state index contributed by atoms with van der Waals surface area (Å²) in [7, 11) is 0. The number of allylic oxidation sites excluding steroid dienone is 9. The number of hydrogen-bond donors (Lipinski definition) is 5. The Kier molecular flexibility index (Phi) is 22.5. The van der Waals surface area contributed by atoms with Gasteiger partial charge in [-0.2, -0.15) is 12.6 Å². The first kappa shape index (κ1) is 38.4. The SMILES string of the molecule is C=C/C=C(/N)C=C.CC.CC=CC1=C([NH+]2C=CC(N3CCCCC3)=C2)/C(=C/C)CCC1.CS.[NH3+]c1ccccc1S. The van der Waals surface area contributed by atoms with Crippen molar-refractivity contribution in [1.29, 1.82) is 0 Å². The standard InChI is InChI=1S/C20H28N2.C6H7NS.C6H9N.C2H6.CH4S/c1-3-9-18-11-8-10-17(4-2)20(18)22-15-12-19(16-22)21-13-6-5-7-14-21;7-5-3-1-2-4-6(5)8;1-3-5-6(7)4-2;2*1-2/h3-4,9,12,15-16H,5-8,10-11,13-14H2,1-2H3;1-4,8H,7H2;3-5H,1-2,7H2;1-2H3;2H,1H3/p+2/b9-3?,17-4+;;6-5+;;. The minimum Gasteiger partial charge on any atom is -0.399 e. The molecule has 0 amide bonds. The van der Waals surface area contributed by atoms with Crippen LogP contribution in [-0.2, 0) is 0 Å². The summed E-state index contributed by atoms with van der Waals surface area (Å²) in [5.41, 5.74) is 16.6. The van der Waals surface area contributed by atoms with E-state index in [1.54, 1.807) is 24.5 Å². The van der Waals surface area contributed by atoms with Gasteiger partial charge in [0.05, 0.1) is 10.6 Å². The Labute approximate surface area is 262 Å². The van der Waals surface area contributed by atoms with E-state index in [2.05, 4.69) is 99.6 Å². The molecule has 1 atom stereocenters. The number of nitrogens with one attached hydrogen (secondary N) is 1. The van der Waals surface area contributed by atoms with Crippen molar-refractivity contribution in [3.63, 3.8) is 0 Å². The Morgan fingerprint density at radius 3 is 2.17 bits per heavy atom. The van der Waals surface area contributed by atoms with E-state index < -0.39 is 0 Å². The van der Waals surface area contributed by atoms with Gasteiger partial charge in [-0.05, 0) is 76.8 Å². The molecule has 0 aromatic heterocycles. The quantitative estimate of drug-likeness (QED) is 0.183. The molecule has 226 valence electrons. The summed E-state index contributed by atoms with van der Waals surface area (Å²) in [6.07, 6.45) is 28.2. The van der Waals surface area contributed by atoms with Crippen molar-refractivity contribution in [2.45, 2.75) is 71.1 Å². The van der Waals surface area contributed by atoms with Crippen molar-refractivity contribution in [3.8, 4) is 0 Å². The number of hydrogen-bond acceptors (Lipinski definition) is 4. The molecule has 2 aliphatic heterocycles. The van der Waals surface area contributed by atoms with Gasteiger partial charge in [0.2, 0.25) is 0 Å². The Bertz CT molecular complexity index is 1070. The van der Waals surface area contributed by atoms with Gasteiger partial charge in [-0.3, -0.25) is 0 Å². The maximum Gasteiger partial charge on any atom is 0.146 e. The molecule has 4 rings (SSSR count). The molecule has 0 spiro atoms. The third-order valence-corrected chi connectivity index (χ3v) is 6.97. The van der Waals surface area contributed by atoms with Crippen LogP contribution in [0.4, 0.5) is 5.69 Å². The minimum atomic E-state index is 0.648. The summed E-state index contributed by atoms with van der Waals surface area (Å²) in [6.45, 7) is 17.6. The molecule has 0 bridgehead atoms. The maximum absolute atomic E-state index is 5.26. The van der Waals surface area contributed by atoms with Crippen LogP contribution in [0.2, 0.25) is 0 Å². The molecular weight excluding hydrogens is 541 g/mol. The highest BCUT2D eigenvalue weighted by Gasteiger charge is 2.27. The summed E-state index contributed by atoms with van der Waals surface area (Å²) in [6, 6.07) is 7.74. The average molecular weight is 597 g/mol. The monoisotopic (exact) mass is 596 g/mol. The van der Waals surface area contributed by atoms with Crippen LogP contribution in [0.15, 0.2) is 125 Å². The van der Waals surface area contributed by atoms with E-state index in [-0.39, 0.29) is 0 Å². The van der Waals surface area contributed by atoms with Crippen LogP contribution >= 0.6 is 25.3 Å². The van der Waals surface area contributed by atoms with Crippen LogP contribution in [0.1, 0.15) is 66.2 Å². The number of likely N-dealkylation sites (tertiary alicyclic amines) is 1. The zero-order valence-electron chi connectivity index (χ0n) is 26.2. The lowest BCUT2D eigenvalue weighted by molar-refractivity contribution is -0.741. The fraction of sp³-hybridized carbons (Fsp3) is 0.371. The molecular formula is C35H56N4S2+2. The molecule has 6 N–H and O–H groups in total. The van der Waals surface area contributed by atoms with Crippen molar-refractivity contribution in [1.82, 2.24) is 4.90 Å². The van der Waals surface area contributed by atoms with Gasteiger partial charge in [0, 0.05) is 42.1 Å². The van der Waals surface area contributed by atoms with Gasteiger partial charge in [0.1, 0.15) is 23.8 Å². The molecule has 0 radical (unpaired) electrons. The Morgan fingerprint density at radius 1 is 1.02 bits per heavy atom. The summed E-state index contributed by atoms with van der Waals surface area (Å²) in [5.74, 6) is 0. The van der Waals surface area contributed by atoms with Crippen LogP contribution in [-0.4, -0.2) is 24.2 Å². The predicted molar refractivity (Wildman–Crippen MR) is 188 cm³/mol. The molecule has 41 heavy (non-hydrogen) atoms. The second-order valence-electron chi connectivity index (χ2n) is 9.21. The minimum absolute atomic E-state index is 0.648. The first-order valence-corrected chi connectivity index (χ1v) is 16.1. The van der Waals surface area contributed by atoms with E-state index in [1.807, 2.05) is 38.1 Å². The van der Waals surface area contributed by atoms with Crippen LogP contribution in [0.5, 0.6) is 0 Å². The molecule has 1 aliphatic carbocycles. The average Bonchev–Trinajstić information content (AvgIpc) is 3.52. The maximum atomic E-state index is 5.26. The van der Waals surface area contributed by atoms with Gasteiger partial charge >= 0.3 is 0 Å². The topological polar surface area (TPSA) is 61.3 Å². The van der Waals surface area contributed by atoms with Crippen molar-refractivity contribution >= 4 is 30.9 Å². The number of thiol groups is 2.